The van der Waals surface area contributed by atoms with Crippen molar-refractivity contribution in [1.29, 1.82) is 0 Å². The number of alkyl halides is 3. The molecule has 0 bridgehead atoms. The van der Waals surface area contributed by atoms with Gasteiger partial charge in [-0.15, -0.1) is 37.3 Å². The van der Waals surface area contributed by atoms with Gasteiger partial charge in [-0.1, -0.05) is 31.9 Å². The lowest BCUT2D eigenvalue weighted by Crippen LogP contribution is -2.44. The number of halogens is 5. The van der Waals surface area contributed by atoms with Crippen LogP contribution in [-0.4, -0.2) is 29.8 Å². The van der Waals surface area contributed by atoms with Gasteiger partial charge in [0.05, 0.1) is 23.8 Å². The zero-order valence-electron chi connectivity index (χ0n) is 18.4. The topological polar surface area (TPSA) is 72.6 Å². The number of ether oxygens (including phenoxy) is 1. The van der Waals surface area contributed by atoms with Crippen LogP contribution >= 0.6 is 24.2 Å². The monoisotopic (exact) mass is 520 g/mol. The number of Topliss-reactive ketones (excluding diaryl/α,β-unsaturated/α-hetero) is 1. The van der Waals surface area contributed by atoms with Gasteiger partial charge in [0.2, 0.25) is 5.91 Å². The lowest BCUT2D eigenvalue weighted by molar-refractivity contribution is -0.274. The summed E-state index contributed by atoms with van der Waals surface area (Å²) in [6.45, 7) is 1.99. The smallest absolute Gasteiger partial charge is 0.406 e. The van der Waals surface area contributed by atoms with E-state index >= 15 is 0 Å². The lowest BCUT2D eigenvalue weighted by Gasteiger charge is -2.25. The first-order chi connectivity index (χ1) is 15.6. The number of nitrogens with two attached hydrogens (primary N) is 1. The Bertz CT molecular complexity index is 1020. The molecule has 0 spiro atoms. The van der Waals surface area contributed by atoms with Crippen LogP contribution in [0.5, 0.6) is 5.75 Å². The Hall–Kier alpha value is -2.30. The molecule has 1 aliphatic heterocycles. The summed E-state index contributed by atoms with van der Waals surface area (Å²) in [7, 11) is 0. The molecule has 0 saturated heterocycles. The molecule has 1 atom stereocenters. The van der Waals surface area contributed by atoms with E-state index in [0.29, 0.717) is 22.6 Å². The van der Waals surface area contributed by atoms with Gasteiger partial charge in [-0.3, -0.25) is 9.59 Å². The van der Waals surface area contributed by atoms with Gasteiger partial charge in [-0.05, 0) is 36.2 Å². The van der Waals surface area contributed by atoms with E-state index in [0.717, 1.165) is 25.0 Å². The normalized spacial score (nSPS) is 15.9. The molecule has 5 nitrogen and oxygen atoms in total. The van der Waals surface area contributed by atoms with Crippen LogP contribution in [0, 0.1) is 5.82 Å². The van der Waals surface area contributed by atoms with Crippen molar-refractivity contribution in [2.45, 2.75) is 56.5 Å². The number of ketones is 1. The van der Waals surface area contributed by atoms with Crippen molar-refractivity contribution in [3.8, 4) is 5.75 Å². The van der Waals surface area contributed by atoms with Gasteiger partial charge in [-0.2, -0.15) is 0 Å². The highest BCUT2D eigenvalue weighted by atomic mass is 35.5. The van der Waals surface area contributed by atoms with E-state index in [1.807, 2.05) is 6.92 Å². The van der Waals surface area contributed by atoms with Crippen molar-refractivity contribution < 1.29 is 31.9 Å². The van der Waals surface area contributed by atoms with Gasteiger partial charge < -0.3 is 15.4 Å². The summed E-state index contributed by atoms with van der Waals surface area (Å²) in [5.41, 5.74) is 6.78. The SMILES string of the molecule is CCCCCC(=O)c1cc2c(cc1F)SC[C@H](N)C(=O)N2Cc1ccc(OC(F)(F)F)cc1.Cl. The van der Waals surface area contributed by atoms with Gasteiger partial charge in [0.1, 0.15) is 11.6 Å². The quantitative estimate of drug-likeness (QED) is 0.267. The molecule has 0 radical (unpaired) electrons. The summed E-state index contributed by atoms with van der Waals surface area (Å²) in [5.74, 6) is -1.58. The minimum Gasteiger partial charge on any atom is -0.406 e. The summed E-state index contributed by atoms with van der Waals surface area (Å²) in [4.78, 5) is 27.4. The van der Waals surface area contributed by atoms with Gasteiger partial charge in [0.15, 0.2) is 5.78 Å². The molecular formula is C23H25ClF4N2O3S. The van der Waals surface area contributed by atoms with E-state index in [2.05, 4.69) is 4.74 Å². The molecule has 0 aromatic heterocycles. The number of anilines is 1. The highest BCUT2D eigenvalue weighted by molar-refractivity contribution is 7.99. The molecular weight excluding hydrogens is 496 g/mol. The minimum absolute atomic E-state index is 0. The molecule has 2 aromatic rings. The molecule has 34 heavy (non-hydrogen) atoms. The third-order valence-corrected chi connectivity index (χ3v) is 6.31. The maximum absolute atomic E-state index is 14.7. The van der Waals surface area contributed by atoms with Crippen molar-refractivity contribution in [3.63, 3.8) is 0 Å². The zero-order valence-corrected chi connectivity index (χ0v) is 20.0. The molecule has 0 aliphatic carbocycles. The van der Waals surface area contributed by atoms with Crippen molar-refractivity contribution >= 4 is 41.5 Å². The van der Waals surface area contributed by atoms with Gasteiger partial charge in [0, 0.05) is 17.1 Å². The molecule has 11 heteroatoms. The highest BCUT2D eigenvalue weighted by Crippen LogP contribution is 2.37. The van der Waals surface area contributed by atoms with Crippen LogP contribution in [0.25, 0.3) is 0 Å². The third kappa shape index (κ3) is 7.10. The lowest BCUT2D eigenvalue weighted by atomic mass is 10.0. The average Bonchev–Trinajstić information content (AvgIpc) is 2.85. The van der Waals surface area contributed by atoms with Crippen LogP contribution < -0.4 is 15.4 Å². The predicted molar refractivity (Wildman–Crippen MR) is 125 cm³/mol. The van der Waals surface area contributed by atoms with E-state index in [-0.39, 0.29) is 48.2 Å². The molecule has 186 valence electrons. The minimum atomic E-state index is -4.81. The number of hydrogen-bond acceptors (Lipinski definition) is 5. The summed E-state index contributed by atoms with van der Waals surface area (Å²) >= 11 is 1.22. The van der Waals surface area contributed by atoms with E-state index < -0.39 is 24.1 Å². The van der Waals surface area contributed by atoms with E-state index in [4.69, 9.17) is 5.73 Å². The van der Waals surface area contributed by atoms with Crippen molar-refractivity contribution in [2.24, 2.45) is 5.73 Å². The Balaban J connectivity index is 0.00000408. The van der Waals surface area contributed by atoms with E-state index in [9.17, 15) is 27.2 Å². The van der Waals surface area contributed by atoms with E-state index in [1.165, 1.54) is 40.9 Å². The number of unbranched alkanes of at least 4 members (excludes halogenated alkanes) is 2. The van der Waals surface area contributed by atoms with Gasteiger partial charge >= 0.3 is 6.36 Å². The maximum Gasteiger partial charge on any atom is 0.573 e. The van der Waals surface area contributed by atoms with Crippen LogP contribution in [0.3, 0.4) is 0 Å². The number of carbonyl (C=O) groups is 2. The van der Waals surface area contributed by atoms with Crippen LogP contribution in [-0.2, 0) is 11.3 Å². The molecule has 1 heterocycles. The summed E-state index contributed by atoms with van der Waals surface area (Å²) in [6.07, 6.45) is -2.20. The molecule has 3 rings (SSSR count). The van der Waals surface area contributed by atoms with Crippen molar-refractivity contribution in [1.82, 2.24) is 0 Å². The number of thioether (sulfide) groups is 1. The fourth-order valence-electron chi connectivity index (χ4n) is 3.47. The zero-order chi connectivity index (χ0) is 24.2. The largest absolute Gasteiger partial charge is 0.573 e. The Morgan fingerprint density at radius 2 is 1.88 bits per heavy atom. The Morgan fingerprint density at radius 1 is 1.21 bits per heavy atom. The molecule has 0 saturated carbocycles. The molecule has 1 aliphatic rings. The van der Waals surface area contributed by atoms with Gasteiger partial charge in [-0.25, -0.2) is 4.39 Å². The van der Waals surface area contributed by atoms with Crippen LogP contribution in [0.1, 0.15) is 48.5 Å². The summed E-state index contributed by atoms with van der Waals surface area (Å²) in [5, 5.41) is 0. The fraction of sp³-hybridized carbons (Fsp3) is 0.391. The first kappa shape index (κ1) is 27.9. The second-order valence-electron chi connectivity index (χ2n) is 7.71. The molecule has 0 fully saturated rings. The first-order valence-corrected chi connectivity index (χ1v) is 11.5. The second-order valence-corrected chi connectivity index (χ2v) is 8.78. The van der Waals surface area contributed by atoms with Gasteiger partial charge in [0.25, 0.3) is 0 Å². The third-order valence-electron chi connectivity index (χ3n) is 5.15. The van der Waals surface area contributed by atoms with E-state index in [1.54, 1.807) is 0 Å². The Labute approximate surface area is 205 Å². The molecule has 1 amide bonds. The maximum atomic E-state index is 14.7. The van der Waals surface area contributed by atoms with Crippen LogP contribution in [0.4, 0.5) is 23.2 Å². The first-order valence-electron chi connectivity index (χ1n) is 10.5. The molecule has 2 aromatic carbocycles. The van der Waals surface area contributed by atoms with Crippen molar-refractivity contribution in [2.75, 3.05) is 10.7 Å². The number of amides is 1. The van der Waals surface area contributed by atoms with Crippen LogP contribution in [0.15, 0.2) is 41.3 Å². The summed E-state index contributed by atoms with van der Waals surface area (Å²) in [6, 6.07) is 6.86. The Morgan fingerprint density at radius 3 is 2.50 bits per heavy atom. The van der Waals surface area contributed by atoms with Crippen molar-refractivity contribution in [3.05, 3.63) is 53.3 Å². The number of carbonyl (C=O) groups excluding carboxylic acids is 2. The number of nitrogens with zero attached hydrogens (tertiary/aromatic N) is 1. The average molecular weight is 521 g/mol. The fourth-order valence-corrected chi connectivity index (χ4v) is 4.47. The number of benzene rings is 2. The molecule has 2 N–H and O–H groups in total. The summed E-state index contributed by atoms with van der Waals surface area (Å²) < 4.78 is 55.8. The predicted octanol–water partition coefficient (Wildman–Crippen LogP) is 5.88. The highest BCUT2D eigenvalue weighted by Gasteiger charge is 2.32. The standard InChI is InChI=1S/C23H24F4N2O3S.ClH/c1-2-3-4-5-20(30)16-10-19-21(11-17(16)24)33-13-18(28)22(31)29(19)12-14-6-8-15(9-7-14)32-23(25,26)27;/h6-11,18H,2-5,12-13,28H2,1H3;1H/t18-;/m0./s1. The molecule has 0 unspecified atom stereocenters. The number of fused-ring (bicyclic) bond motifs is 1. The number of hydrogen-bond donors (Lipinski definition) is 1. The van der Waals surface area contributed by atoms with Crippen LogP contribution in [0.2, 0.25) is 0 Å². The number of rotatable bonds is 8. The Kier molecular flexibility index (Phi) is 9.78. The second kappa shape index (κ2) is 11.9.